The standard InChI is InChI=1S/C16H21ClN2/c1-15(2)8-5-9-16(12-18,11-10-15)19-14-7-4-3-6-13(14)17/h3-4,6-7,19H,5,8-11H2,1-2H3. The van der Waals surface area contributed by atoms with E-state index >= 15 is 0 Å². The third kappa shape index (κ3) is 3.42. The third-order valence-electron chi connectivity index (χ3n) is 4.15. The molecule has 19 heavy (non-hydrogen) atoms. The number of nitrogens with zero attached hydrogens (tertiary/aromatic N) is 1. The van der Waals surface area contributed by atoms with Gasteiger partial charge in [-0.15, -0.1) is 0 Å². The molecule has 0 saturated heterocycles. The molecule has 0 aromatic heterocycles. The van der Waals surface area contributed by atoms with Crippen molar-refractivity contribution in [3.8, 4) is 6.07 Å². The van der Waals surface area contributed by atoms with Crippen molar-refractivity contribution < 1.29 is 0 Å². The Balaban J connectivity index is 2.20. The Hall–Kier alpha value is -1.20. The predicted molar refractivity (Wildman–Crippen MR) is 80.3 cm³/mol. The average molecular weight is 277 g/mol. The summed E-state index contributed by atoms with van der Waals surface area (Å²) in [6.45, 7) is 4.58. The van der Waals surface area contributed by atoms with E-state index in [0.717, 1.165) is 31.4 Å². The molecule has 2 nitrogen and oxygen atoms in total. The van der Waals surface area contributed by atoms with Crippen LogP contribution in [0.15, 0.2) is 24.3 Å². The minimum Gasteiger partial charge on any atom is -0.366 e. The summed E-state index contributed by atoms with van der Waals surface area (Å²) in [4.78, 5) is 0. The number of benzene rings is 1. The van der Waals surface area contributed by atoms with Crippen molar-refractivity contribution in [3.05, 3.63) is 29.3 Å². The zero-order valence-corrected chi connectivity index (χ0v) is 12.4. The topological polar surface area (TPSA) is 35.8 Å². The molecule has 0 heterocycles. The minimum atomic E-state index is -0.473. The molecule has 0 radical (unpaired) electrons. The number of halogens is 1. The van der Waals surface area contributed by atoms with Gasteiger partial charge >= 0.3 is 0 Å². The second-order valence-electron chi connectivity index (χ2n) is 6.32. The molecular formula is C16H21ClN2. The molecule has 1 aromatic rings. The Labute approximate surface area is 120 Å². The second-order valence-corrected chi connectivity index (χ2v) is 6.72. The van der Waals surface area contributed by atoms with Crippen LogP contribution < -0.4 is 5.32 Å². The van der Waals surface area contributed by atoms with Crippen LogP contribution in [0.4, 0.5) is 5.69 Å². The van der Waals surface area contributed by atoms with Crippen LogP contribution in [0.5, 0.6) is 0 Å². The molecule has 1 atom stereocenters. The van der Waals surface area contributed by atoms with E-state index in [1.807, 2.05) is 24.3 Å². The molecule has 102 valence electrons. The van der Waals surface area contributed by atoms with Crippen molar-refractivity contribution in [2.75, 3.05) is 5.32 Å². The van der Waals surface area contributed by atoms with Crippen LogP contribution in [0.1, 0.15) is 46.0 Å². The lowest BCUT2D eigenvalue weighted by molar-refractivity contribution is 0.310. The van der Waals surface area contributed by atoms with Crippen LogP contribution in [0.3, 0.4) is 0 Å². The molecule has 1 saturated carbocycles. The summed E-state index contributed by atoms with van der Waals surface area (Å²) in [5.74, 6) is 0. The smallest absolute Gasteiger partial charge is 0.125 e. The molecule has 1 N–H and O–H groups in total. The normalized spacial score (nSPS) is 26.2. The number of para-hydroxylation sites is 1. The van der Waals surface area contributed by atoms with Crippen molar-refractivity contribution >= 4 is 17.3 Å². The summed E-state index contributed by atoms with van der Waals surface area (Å²) in [5.41, 5.74) is 0.727. The maximum atomic E-state index is 9.63. The highest BCUT2D eigenvalue weighted by Crippen LogP contribution is 2.40. The third-order valence-corrected chi connectivity index (χ3v) is 4.48. The molecule has 0 amide bonds. The van der Waals surface area contributed by atoms with Gasteiger partial charge < -0.3 is 5.32 Å². The van der Waals surface area contributed by atoms with Gasteiger partial charge in [0, 0.05) is 0 Å². The van der Waals surface area contributed by atoms with Gasteiger partial charge in [0.1, 0.15) is 5.54 Å². The SMILES string of the molecule is CC1(C)CCCC(C#N)(Nc2ccccc2Cl)CC1. The molecular weight excluding hydrogens is 256 g/mol. The first-order chi connectivity index (χ1) is 8.96. The van der Waals surface area contributed by atoms with Crippen molar-refractivity contribution in [1.82, 2.24) is 0 Å². The van der Waals surface area contributed by atoms with Crippen LogP contribution in [0, 0.1) is 16.7 Å². The highest BCUT2D eigenvalue weighted by Gasteiger charge is 2.36. The van der Waals surface area contributed by atoms with Crippen LogP contribution in [0.2, 0.25) is 5.02 Å². The van der Waals surface area contributed by atoms with E-state index in [9.17, 15) is 5.26 Å². The molecule has 0 aliphatic heterocycles. The van der Waals surface area contributed by atoms with Gasteiger partial charge in [-0.2, -0.15) is 5.26 Å². The zero-order valence-electron chi connectivity index (χ0n) is 11.7. The number of nitrogens with one attached hydrogen (secondary N) is 1. The first-order valence-electron chi connectivity index (χ1n) is 6.90. The van der Waals surface area contributed by atoms with Crippen molar-refractivity contribution in [2.45, 2.75) is 51.5 Å². The fourth-order valence-electron chi connectivity index (χ4n) is 2.76. The lowest BCUT2D eigenvalue weighted by atomic mass is 9.84. The van der Waals surface area contributed by atoms with Gasteiger partial charge in [-0.1, -0.05) is 37.6 Å². The summed E-state index contributed by atoms with van der Waals surface area (Å²) >= 11 is 6.19. The number of anilines is 1. The Morgan fingerprint density at radius 1 is 1.16 bits per heavy atom. The van der Waals surface area contributed by atoms with Gasteiger partial charge in [-0.3, -0.25) is 0 Å². The van der Waals surface area contributed by atoms with Crippen molar-refractivity contribution in [3.63, 3.8) is 0 Å². The average Bonchev–Trinajstić information content (AvgIpc) is 2.52. The van der Waals surface area contributed by atoms with Gasteiger partial charge in [0.15, 0.2) is 0 Å². The first-order valence-corrected chi connectivity index (χ1v) is 7.28. The largest absolute Gasteiger partial charge is 0.366 e. The summed E-state index contributed by atoms with van der Waals surface area (Å²) in [7, 11) is 0. The summed E-state index contributed by atoms with van der Waals surface area (Å²) < 4.78 is 0. The maximum Gasteiger partial charge on any atom is 0.125 e. The van der Waals surface area contributed by atoms with Crippen molar-refractivity contribution in [1.29, 1.82) is 5.26 Å². The minimum absolute atomic E-state index is 0.334. The zero-order chi connectivity index (χ0) is 13.9. The van der Waals surface area contributed by atoms with Gasteiger partial charge in [-0.05, 0) is 49.7 Å². The molecule has 1 aliphatic carbocycles. The number of rotatable bonds is 2. The number of hydrogen-bond donors (Lipinski definition) is 1. The number of nitriles is 1. The Morgan fingerprint density at radius 2 is 1.89 bits per heavy atom. The summed E-state index contributed by atoms with van der Waals surface area (Å²) in [6.07, 6.45) is 5.09. The highest BCUT2D eigenvalue weighted by molar-refractivity contribution is 6.33. The molecule has 0 spiro atoms. The first kappa shape index (κ1) is 14.2. The summed E-state index contributed by atoms with van der Waals surface area (Å²) in [5, 5.41) is 13.7. The monoisotopic (exact) mass is 276 g/mol. The molecule has 3 heteroatoms. The molecule has 0 bridgehead atoms. The van der Waals surface area contributed by atoms with Crippen LogP contribution in [-0.2, 0) is 0 Å². The molecule has 1 aromatic carbocycles. The molecule has 2 rings (SSSR count). The van der Waals surface area contributed by atoms with E-state index in [2.05, 4.69) is 25.2 Å². The number of hydrogen-bond acceptors (Lipinski definition) is 2. The van der Waals surface area contributed by atoms with Gasteiger partial charge in [-0.25, -0.2) is 0 Å². The molecule has 1 fully saturated rings. The van der Waals surface area contributed by atoms with Crippen molar-refractivity contribution in [2.24, 2.45) is 5.41 Å². The van der Waals surface area contributed by atoms with Crippen LogP contribution >= 0.6 is 11.6 Å². The Kier molecular flexibility index (Phi) is 4.06. The highest BCUT2D eigenvalue weighted by atomic mass is 35.5. The molecule has 1 unspecified atom stereocenters. The predicted octanol–water partition coefficient (Wildman–Crippen LogP) is 5.00. The van der Waals surface area contributed by atoms with Crippen LogP contribution in [-0.4, -0.2) is 5.54 Å². The van der Waals surface area contributed by atoms with Gasteiger partial charge in [0.2, 0.25) is 0 Å². The maximum absolute atomic E-state index is 9.63. The van der Waals surface area contributed by atoms with Gasteiger partial charge in [0.25, 0.3) is 0 Å². The van der Waals surface area contributed by atoms with E-state index in [1.165, 1.54) is 6.42 Å². The lowest BCUT2D eigenvalue weighted by Crippen LogP contribution is -2.36. The van der Waals surface area contributed by atoms with Crippen LogP contribution in [0.25, 0.3) is 0 Å². The fraction of sp³-hybridized carbons (Fsp3) is 0.562. The summed E-state index contributed by atoms with van der Waals surface area (Å²) in [6, 6.07) is 10.1. The van der Waals surface area contributed by atoms with Gasteiger partial charge in [0.05, 0.1) is 16.8 Å². The second kappa shape index (κ2) is 5.43. The van der Waals surface area contributed by atoms with E-state index < -0.39 is 5.54 Å². The lowest BCUT2D eigenvalue weighted by Gasteiger charge is -2.29. The fourth-order valence-corrected chi connectivity index (χ4v) is 2.94. The van der Waals surface area contributed by atoms with E-state index in [-0.39, 0.29) is 0 Å². The van der Waals surface area contributed by atoms with E-state index in [0.29, 0.717) is 10.4 Å². The Morgan fingerprint density at radius 3 is 2.58 bits per heavy atom. The quantitative estimate of drug-likeness (QED) is 0.771. The molecule has 1 aliphatic rings. The Bertz CT molecular complexity index is 490. The van der Waals surface area contributed by atoms with E-state index in [1.54, 1.807) is 0 Å². The van der Waals surface area contributed by atoms with E-state index in [4.69, 9.17) is 11.6 Å².